The first-order valence-electron chi connectivity index (χ1n) is 5.88. The van der Waals surface area contributed by atoms with Gasteiger partial charge in [-0.25, -0.2) is 0 Å². The van der Waals surface area contributed by atoms with Crippen LogP contribution in [0.1, 0.15) is 6.42 Å². The van der Waals surface area contributed by atoms with Crippen molar-refractivity contribution in [1.29, 1.82) is 0 Å². The summed E-state index contributed by atoms with van der Waals surface area (Å²) in [6, 6.07) is 8.13. The third kappa shape index (κ3) is 1.52. The maximum Gasteiger partial charge on any atom is 0.244 e. The number of piperazine rings is 1. The zero-order chi connectivity index (χ0) is 12.0. The number of rotatable bonds is 2. The van der Waals surface area contributed by atoms with Crippen LogP contribution < -0.4 is 9.64 Å². The Morgan fingerprint density at radius 1 is 1.41 bits per heavy atom. The summed E-state index contributed by atoms with van der Waals surface area (Å²) in [4.78, 5) is 16.3. The highest BCUT2D eigenvalue weighted by Crippen LogP contribution is 2.35. The lowest BCUT2D eigenvalue weighted by atomic mass is 10.2. The zero-order valence-corrected chi connectivity index (χ0v) is 10.1. The number of benzene rings is 1. The summed E-state index contributed by atoms with van der Waals surface area (Å²) in [5.41, 5.74) is 0.954. The molecule has 3 rings (SSSR count). The Bertz CT molecular complexity index is 460. The number of hydrogen-bond acceptors (Lipinski definition) is 3. The second kappa shape index (κ2) is 3.74. The molecule has 0 radical (unpaired) electrons. The highest BCUT2D eigenvalue weighted by Gasteiger charge is 2.48. The number of carbonyl (C=O) groups is 1. The fraction of sp³-hybridized carbons (Fsp3) is 0.462. The first-order chi connectivity index (χ1) is 8.20. The van der Waals surface area contributed by atoms with Crippen molar-refractivity contribution in [2.24, 2.45) is 0 Å². The molecular weight excluding hydrogens is 216 g/mol. The van der Waals surface area contributed by atoms with Crippen LogP contribution in [-0.2, 0) is 4.79 Å². The smallest absolute Gasteiger partial charge is 0.244 e. The molecule has 0 spiro atoms. The Kier molecular flexibility index (Phi) is 2.33. The number of anilines is 1. The van der Waals surface area contributed by atoms with E-state index in [9.17, 15) is 4.79 Å². The number of likely N-dealkylation sites (tertiary alicyclic amines) is 1. The average molecular weight is 232 g/mol. The molecule has 2 aliphatic rings. The van der Waals surface area contributed by atoms with E-state index in [-0.39, 0.29) is 11.9 Å². The molecule has 0 aromatic heterocycles. The fourth-order valence-electron chi connectivity index (χ4n) is 2.89. The van der Waals surface area contributed by atoms with Gasteiger partial charge >= 0.3 is 0 Å². The molecule has 4 heteroatoms. The Morgan fingerprint density at radius 3 is 2.88 bits per heavy atom. The third-order valence-corrected chi connectivity index (χ3v) is 3.75. The highest BCUT2D eigenvalue weighted by atomic mass is 16.5. The van der Waals surface area contributed by atoms with Gasteiger partial charge in [-0.2, -0.15) is 0 Å². The Balaban J connectivity index is 1.93. The van der Waals surface area contributed by atoms with Crippen LogP contribution in [0.25, 0.3) is 0 Å². The van der Waals surface area contributed by atoms with Crippen molar-refractivity contribution in [2.75, 3.05) is 25.6 Å². The lowest BCUT2D eigenvalue weighted by Crippen LogP contribution is -2.48. The van der Waals surface area contributed by atoms with Crippen LogP contribution in [0.3, 0.4) is 0 Å². The zero-order valence-electron chi connectivity index (χ0n) is 10.1. The molecule has 2 heterocycles. The van der Waals surface area contributed by atoms with E-state index in [4.69, 9.17) is 4.74 Å². The number of likely N-dealkylation sites (N-methyl/N-ethyl adjacent to an activating group) is 1. The van der Waals surface area contributed by atoms with Gasteiger partial charge in [-0.3, -0.25) is 9.69 Å². The number of hydrogen-bond donors (Lipinski definition) is 0. The van der Waals surface area contributed by atoms with Gasteiger partial charge in [0.25, 0.3) is 0 Å². The quantitative estimate of drug-likeness (QED) is 0.766. The van der Waals surface area contributed by atoms with E-state index >= 15 is 0 Å². The molecule has 1 amide bonds. The number of ether oxygens (including phenoxy) is 1. The number of nitrogens with zero attached hydrogens (tertiary/aromatic N) is 2. The molecule has 17 heavy (non-hydrogen) atoms. The molecule has 0 saturated carbocycles. The van der Waals surface area contributed by atoms with E-state index in [1.54, 1.807) is 7.11 Å². The second-order valence-corrected chi connectivity index (χ2v) is 4.75. The molecule has 2 atom stereocenters. The minimum atomic E-state index is 0.0752. The standard InChI is InChI=1S/C13H16N2O2/c1-14-8-10-7-12(14)13(16)15(10)9-4-3-5-11(6-9)17-2/h3-6,10,12H,7-8H2,1-2H3. The summed E-state index contributed by atoms with van der Waals surface area (Å²) in [7, 11) is 3.66. The highest BCUT2D eigenvalue weighted by molar-refractivity contribution is 6.01. The van der Waals surface area contributed by atoms with Gasteiger partial charge in [0.05, 0.1) is 19.2 Å². The Labute approximate surface area is 101 Å². The van der Waals surface area contributed by atoms with E-state index in [1.807, 2.05) is 36.2 Å². The van der Waals surface area contributed by atoms with Crippen molar-refractivity contribution in [1.82, 2.24) is 4.90 Å². The Morgan fingerprint density at radius 2 is 2.24 bits per heavy atom. The monoisotopic (exact) mass is 232 g/mol. The predicted molar refractivity (Wildman–Crippen MR) is 65.3 cm³/mol. The average Bonchev–Trinajstić information content (AvgIpc) is 2.85. The molecule has 2 saturated heterocycles. The topological polar surface area (TPSA) is 32.8 Å². The molecule has 0 N–H and O–H groups in total. The summed E-state index contributed by atoms with van der Waals surface area (Å²) in [6.45, 7) is 0.966. The van der Waals surface area contributed by atoms with Crippen LogP contribution in [-0.4, -0.2) is 43.6 Å². The van der Waals surface area contributed by atoms with Crippen molar-refractivity contribution in [2.45, 2.75) is 18.5 Å². The van der Waals surface area contributed by atoms with Crippen molar-refractivity contribution in [3.63, 3.8) is 0 Å². The predicted octanol–water partition coefficient (Wildman–Crippen LogP) is 1.11. The number of methoxy groups -OCH3 is 1. The normalized spacial score (nSPS) is 27.9. The van der Waals surface area contributed by atoms with Crippen LogP contribution in [0.4, 0.5) is 5.69 Å². The first-order valence-corrected chi connectivity index (χ1v) is 5.88. The van der Waals surface area contributed by atoms with Crippen LogP contribution in [0.2, 0.25) is 0 Å². The van der Waals surface area contributed by atoms with Crippen molar-refractivity contribution in [3.05, 3.63) is 24.3 Å². The number of fused-ring (bicyclic) bond motifs is 2. The lowest BCUT2D eigenvalue weighted by Gasteiger charge is -2.31. The summed E-state index contributed by atoms with van der Waals surface area (Å²) < 4.78 is 5.20. The van der Waals surface area contributed by atoms with Crippen molar-refractivity contribution >= 4 is 11.6 Å². The van der Waals surface area contributed by atoms with Gasteiger partial charge in [-0.05, 0) is 25.6 Å². The lowest BCUT2D eigenvalue weighted by molar-refractivity contribution is -0.122. The van der Waals surface area contributed by atoms with Gasteiger partial charge in [0, 0.05) is 18.3 Å². The van der Waals surface area contributed by atoms with Crippen molar-refractivity contribution < 1.29 is 9.53 Å². The van der Waals surface area contributed by atoms with Crippen LogP contribution >= 0.6 is 0 Å². The van der Waals surface area contributed by atoms with Gasteiger partial charge in [-0.1, -0.05) is 6.07 Å². The van der Waals surface area contributed by atoms with E-state index in [1.165, 1.54) is 0 Å². The molecule has 2 unspecified atom stereocenters. The number of amides is 1. The van der Waals surface area contributed by atoms with E-state index in [0.29, 0.717) is 6.04 Å². The van der Waals surface area contributed by atoms with Gasteiger partial charge in [0.1, 0.15) is 5.75 Å². The molecule has 1 aromatic carbocycles. The van der Waals surface area contributed by atoms with Crippen LogP contribution in [0, 0.1) is 0 Å². The van der Waals surface area contributed by atoms with E-state index < -0.39 is 0 Å². The minimum Gasteiger partial charge on any atom is -0.497 e. The summed E-state index contributed by atoms with van der Waals surface area (Å²) >= 11 is 0. The molecule has 2 aliphatic heterocycles. The fourth-order valence-corrected chi connectivity index (χ4v) is 2.89. The number of carbonyl (C=O) groups excluding carboxylic acids is 1. The summed E-state index contributed by atoms with van der Waals surface area (Å²) in [5.74, 6) is 1.02. The van der Waals surface area contributed by atoms with E-state index in [2.05, 4.69) is 4.90 Å². The summed E-state index contributed by atoms with van der Waals surface area (Å²) in [6.07, 6.45) is 0.951. The van der Waals surface area contributed by atoms with Gasteiger partial charge in [0.2, 0.25) is 5.91 Å². The van der Waals surface area contributed by atoms with Gasteiger partial charge in [-0.15, -0.1) is 0 Å². The first kappa shape index (κ1) is 10.6. The second-order valence-electron chi connectivity index (χ2n) is 4.75. The minimum absolute atomic E-state index is 0.0752. The SMILES string of the molecule is COc1cccc(N2C(=O)C3CC2CN3C)c1. The molecular formula is C13H16N2O2. The largest absolute Gasteiger partial charge is 0.497 e. The van der Waals surface area contributed by atoms with Gasteiger partial charge < -0.3 is 9.64 Å². The van der Waals surface area contributed by atoms with Crippen LogP contribution in [0.5, 0.6) is 5.75 Å². The molecule has 90 valence electrons. The van der Waals surface area contributed by atoms with Crippen molar-refractivity contribution in [3.8, 4) is 5.75 Å². The van der Waals surface area contributed by atoms with Gasteiger partial charge in [0.15, 0.2) is 0 Å². The van der Waals surface area contributed by atoms with Crippen LogP contribution in [0.15, 0.2) is 24.3 Å². The molecule has 4 nitrogen and oxygen atoms in total. The maximum absolute atomic E-state index is 12.2. The Hall–Kier alpha value is -1.55. The third-order valence-electron chi connectivity index (χ3n) is 3.75. The molecule has 0 aliphatic carbocycles. The molecule has 1 aromatic rings. The maximum atomic E-state index is 12.2. The molecule has 2 fully saturated rings. The molecule has 2 bridgehead atoms. The summed E-state index contributed by atoms with van der Waals surface area (Å²) in [5, 5.41) is 0. The van der Waals surface area contributed by atoms with E-state index in [0.717, 1.165) is 24.4 Å².